The number of allylic oxidation sites excluding steroid dienone is 1. The van der Waals surface area contributed by atoms with E-state index in [1.165, 1.54) is 13.2 Å². The maximum absolute atomic E-state index is 11.6. The number of methoxy groups -OCH3 is 1. The van der Waals surface area contributed by atoms with E-state index in [-0.39, 0.29) is 12.1 Å². The van der Waals surface area contributed by atoms with Gasteiger partial charge in [-0.05, 0) is 24.1 Å². The van der Waals surface area contributed by atoms with Crippen LogP contribution >= 0.6 is 0 Å². The number of nitrogens with zero attached hydrogens (tertiary/aromatic N) is 1. The van der Waals surface area contributed by atoms with Crippen molar-refractivity contribution in [3.8, 4) is 5.75 Å². The molecule has 5 nitrogen and oxygen atoms in total. The summed E-state index contributed by atoms with van der Waals surface area (Å²) in [7, 11) is 1.54. The maximum atomic E-state index is 11.6. The number of rotatable bonds is 6. The summed E-state index contributed by atoms with van der Waals surface area (Å²) < 4.78 is 4.99. The van der Waals surface area contributed by atoms with Crippen molar-refractivity contribution >= 4 is 11.9 Å². The average Bonchev–Trinajstić information content (AvgIpc) is 2.36. The fourth-order valence-electron chi connectivity index (χ4n) is 1.45. The Hall–Kier alpha value is -2.17. The zero-order valence-electron chi connectivity index (χ0n) is 10.4. The third-order valence-electron chi connectivity index (χ3n) is 2.38. The third-order valence-corrected chi connectivity index (χ3v) is 2.38. The number of nitro groups is 1. The van der Waals surface area contributed by atoms with Crippen molar-refractivity contribution in [2.75, 3.05) is 7.11 Å². The highest BCUT2D eigenvalue weighted by Crippen LogP contribution is 2.15. The maximum Gasteiger partial charge on any atom is 0.312 e. The van der Waals surface area contributed by atoms with Gasteiger partial charge in [0, 0.05) is 12.5 Å². The van der Waals surface area contributed by atoms with Gasteiger partial charge in [-0.1, -0.05) is 19.1 Å². The summed E-state index contributed by atoms with van der Waals surface area (Å²) in [5.41, 5.74) is 0.231. The zero-order chi connectivity index (χ0) is 13.5. The summed E-state index contributed by atoms with van der Waals surface area (Å²) in [6.07, 6.45) is 2.06. The van der Waals surface area contributed by atoms with E-state index in [4.69, 9.17) is 4.74 Å². The summed E-state index contributed by atoms with van der Waals surface area (Å²) in [5, 5.41) is 10.8. The van der Waals surface area contributed by atoms with E-state index >= 15 is 0 Å². The first-order valence-electron chi connectivity index (χ1n) is 5.61. The number of hydrogen-bond donors (Lipinski definition) is 0. The van der Waals surface area contributed by atoms with Crippen molar-refractivity contribution in [2.24, 2.45) is 0 Å². The molecule has 0 amide bonds. The van der Waals surface area contributed by atoms with Crippen LogP contribution in [0.1, 0.15) is 25.3 Å². The molecule has 0 aliphatic carbocycles. The Morgan fingerprint density at radius 2 is 2.00 bits per heavy atom. The molecular formula is C13H15NO4. The molecule has 0 saturated heterocycles. The van der Waals surface area contributed by atoms with Crippen LogP contribution in [0.4, 0.5) is 0 Å². The summed E-state index contributed by atoms with van der Waals surface area (Å²) in [5.74, 6) is 0.216. The van der Waals surface area contributed by atoms with Crippen LogP contribution in [0.25, 0.3) is 6.08 Å². The van der Waals surface area contributed by atoms with Gasteiger partial charge in [0.05, 0.1) is 12.0 Å². The van der Waals surface area contributed by atoms with Gasteiger partial charge in [-0.3, -0.25) is 14.9 Å². The van der Waals surface area contributed by atoms with Gasteiger partial charge in [-0.25, -0.2) is 0 Å². The largest absolute Gasteiger partial charge is 0.497 e. The van der Waals surface area contributed by atoms with Crippen molar-refractivity contribution in [1.29, 1.82) is 0 Å². The Balaban J connectivity index is 3.00. The number of carbonyl (C=O) groups excluding carboxylic acids is 1. The number of Topliss-reactive ketones (excluding diaryl/α,β-unsaturated/α-hetero) is 1. The molecule has 0 bridgehead atoms. The number of ketones is 1. The second kappa shape index (κ2) is 6.54. The summed E-state index contributed by atoms with van der Waals surface area (Å²) in [6.45, 7) is 1.81. The van der Waals surface area contributed by atoms with Crippen molar-refractivity contribution in [1.82, 2.24) is 0 Å². The molecule has 0 aliphatic rings. The van der Waals surface area contributed by atoms with Gasteiger partial charge in [0.2, 0.25) is 5.78 Å². The molecule has 0 aliphatic heterocycles. The van der Waals surface area contributed by atoms with Gasteiger partial charge in [-0.15, -0.1) is 0 Å². The lowest BCUT2D eigenvalue weighted by atomic mass is 10.1. The Morgan fingerprint density at radius 3 is 2.44 bits per heavy atom. The van der Waals surface area contributed by atoms with Gasteiger partial charge in [-0.2, -0.15) is 0 Å². The molecule has 0 N–H and O–H groups in total. The number of hydrogen-bond acceptors (Lipinski definition) is 4. The van der Waals surface area contributed by atoms with Gasteiger partial charge in [0.1, 0.15) is 5.75 Å². The number of ether oxygens (including phenoxy) is 1. The standard InChI is InChI=1S/C13H15NO4/c1-3-4-13(15)12(14(16)17)9-10-5-7-11(18-2)8-6-10/h5-9H,3-4H2,1-2H3/b12-9-. The van der Waals surface area contributed by atoms with E-state index in [1.807, 2.05) is 6.92 Å². The highest BCUT2D eigenvalue weighted by atomic mass is 16.6. The minimum Gasteiger partial charge on any atom is -0.497 e. The average molecular weight is 249 g/mol. The molecule has 96 valence electrons. The van der Waals surface area contributed by atoms with E-state index in [0.29, 0.717) is 17.7 Å². The molecule has 0 heterocycles. The SMILES string of the molecule is CCCC(=O)/C(=C/c1ccc(OC)cc1)[N+](=O)[O-]. The monoisotopic (exact) mass is 249 g/mol. The topological polar surface area (TPSA) is 69.4 Å². The molecule has 5 heteroatoms. The van der Waals surface area contributed by atoms with Crippen LogP contribution in [0.5, 0.6) is 5.75 Å². The quantitative estimate of drug-likeness (QED) is 0.441. The van der Waals surface area contributed by atoms with Crippen LogP contribution in [-0.4, -0.2) is 17.8 Å². The lowest BCUT2D eigenvalue weighted by Gasteiger charge is -2.00. The Labute approximate surface area is 105 Å². The highest BCUT2D eigenvalue weighted by Gasteiger charge is 2.20. The zero-order valence-corrected chi connectivity index (χ0v) is 10.4. The molecule has 0 saturated carbocycles. The first kappa shape index (κ1) is 13.9. The van der Waals surface area contributed by atoms with Gasteiger partial charge in [0.15, 0.2) is 0 Å². The Morgan fingerprint density at radius 1 is 1.39 bits per heavy atom. The van der Waals surface area contributed by atoms with Crippen LogP contribution in [0, 0.1) is 10.1 Å². The minimum absolute atomic E-state index is 0.184. The van der Waals surface area contributed by atoms with E-state index in [0.717, 1.165) is 0 Å². The summed E-state index contributed by atoms with van der Waals surface area (Å²) in [6, 6.07) is 6.71. The minimum atomic E-state index is -0.637. The van der Waals surface area contributed by atoms with Crippen LogP contribution < -0.4 is 4.74 Å². The van der Waals surface area contributed by atoms with Crippen molar-refractivity contribution in [3.05, 3.63) is 45.6 Å². The van der Waals surface area contributed by atoms with E-state index in [1.54, 1.807) is 24.3 Å². The molecule has 1 aromatic rings. The van der Waals surface area contributed by atoms with Crippen LogP contribution in [0.15, 0.2) is 30.0 Å². The third kappa shape index (κ3) is 3.69. The molecule has 0 fully saturated rings. The Kier molecular flexibility index (Phi) is 5.05. The predicted octanol–water partition coefficient (Wildman–Crippen LogP) is 2.68. The van der Waals surface area contributed by atoms with Gasteiger partial charge >= 0.3 is 5.70 Å². The van der Waals surface area contributed by atoms with Crippen molar-refractivity contribution in [3.63, 3.8) is 0 Å². The van der Waals surface area contributed by atoms with Gasteiger partial charge < -0.3 is 4.74 Å². The van der Waals surface area contributed by atoms with Crippen molar-refractivity contribution < 1.29 is 14.5 Å². The predicted molar refractivity (Wildman–Crippen MR) is 67.9 cm³/mol. The molecule has 0 atom stereocenters. The van der Waals surface area contributed by atoms with Gasteiger partial charge in [0.25, 0.3) is 0 Å². The fourth-order valence-corrected chi connectivity index (χ4v) is 1.45. The smallest absolute Gasteiger partial charge is 0.312 e. The van der Waals surface area contributed by atoms with Crippen LogP contribution in [-0.2, 0) is 4.79 Å². The molecule has 18 heavy (non-hydrogen) atoms. The van der Waals surface area contributed by atoms with Crippen LogP contribution in [0.2, 0.25) is 0 Å². The Bertz CT molecular complexity index is 462. The van der Waals surface area contributed by atoms with E-state index in [2.05, 4.69) is 0 Å². The number of benzene rings is 1. The van der Waals surface area contributed by atoms with Crippen LogP contribution in [0.3, 0.4) is 0 Å². The molecule has 0 aromatic heterocycles. The fraction of sp³-hybridized carbons (Fsp3) is 0.308. The summed E-state index contributed by atoms with van der Waals surface area (Å²) in [4.78, 5) is 21.8. The molecule has 0 radical (unpaired) electrons. The normalized spacial score (nSPS) is 11.1. The van der Waals surface area contributed by atoms with Crippen molar-refractivity contribution in [2.45, 2.75) is 19.8 Å². The molecule has 1 rings (SSSR count). The number of carbonyl (C=O) groups is 1. The molecule has 1 aromatic carbocycles. The van der Waals surface area contributed by atoms with E-state index < -0.39 is 10.7 Å². The first-order valence-corrected chi connectivity index (χ1v) is 5.61. The molecule has 0 spiro atoms. The second-order valence-electron chi connectivity index (χ2n) is 3.73. The second-order valence-corrected chi connectivity index (χ2v) is 3.73. The molecule has 0 unspecified atom stereocenters. The lowest BCUT2D eigenvalue weighted by Crippen LogP contribution is -2.10. The molecular weight excluding hydrogens is 234 g/mol. The summed E-state index contributed by atoms with van der Waals surface area (Å²) >= 11 is 0. The van der Waals surface area contributed by atoms with E-state index in [9.17, 15) is 14.9 Å². The highest BCUT2D eigenvalue weighted by molar-refractivity contribution is 5.97. The lowest BCUT2D eigenvalue weighted by molar-refractivity contribution is -0.417. The first-order chi connectivity index (χ1) is 8.58.